The standard InChI is InChI=1S/C17H24O3/c1-12-9-13(2)17(18)20-16(12)14(3)10-19-11-15-7-5-4-6-8-15/h4-8,12-14,16H,9-11H2,1-3H3/t12-,13+,14-,16-/m0/s1. The van der Waals surface area contributed by atoms with Crippen molar-refractivity contribution in [3.05, 3.63) is 35.9 Å². The van der Waals surface area contributed by atoms with Gasteiger partial charge in [0.2, 0.25) is 0 Å². The first kappa shape index (κ1) is 15.0. The zero-order valence-corrected chi connectivity index (χ0v) is 12.5. The molecule has 1 aliphatic heterocycles. The largest absolute Gasteiger partial charge is 0.462 e. The van der Waals surface area contributed by atoms with Crippen molar-refractivity contribution in [2.24, 2.45) is 17.8 Å². The lowest BCUT2D eigenvalue weighted by Crippen LogP contribution is -2.41. The van der Waals surface area contributed by atoms with Crippen LogP contribution in [0.3, 0.4) is 0 Å². The minimum absolute atomic E-state index is 0.0190. The topological polar surface area (TPSA) is 35.5 Å². The van der Waals surface area contributed by atoms with Crippen molar-refractivity contribution in [3.8, 4) is 0 Å². The highest BCUT2D eigenvalue weighted by atomic mass is 16.5. The molecule has 0 N–H and O–H groups in total. The van der Waals surface area contributed by atoms with Gasteiger partial charge in [-0.3, -0.25) is 4.79 Å². The number of hydrogen-bond acceptors (Lipinski definition) is 3. The Morgan fingerprint density at radius 2 is 2.00 bits per heavy atom. The first-order valence-corrected chi connectivity index (χ1v) is 7.40. The van der Waals surface area contributed by atoms with Gasteiger partial charge in [0, 0.05) is 5.92 Å². The lowest BCUT2D eigenvalue weighted by Gasteiger charge is -2.35. The molecule has 4 atom stereocenters. The predicted molar refractivity (Wildman–Crippen MR) is 78.1 cm³/mol. The van der Waals surface area contributed by atoms with Gasteiger partial charge in [0.25, 0.3) is 0 Å². The average Bonchev–Trinajstić information content (AvgIpc) is 2.44. The molecule has 20 heavy (non-hydrogen) atoms. The summed E-state index contributed by atoms with van der Waals surface area (Å²) in [4.78, 5) is 11.7. The Hall–Kier alpha value is -1.35. The number of ether oxygens (including phenoxy) is 2. The Morgan fingerprint density at radius 1 is 1.30 bits per heavy atom. The van der Waals surface area contributed by atoms with E-state index < -0.39 is 0 Å². The summed E-state index contributed by atoms with van der Waals surface area (Å²) in [6.45, 7) is 7.41. The highest BCUT2D eigenvalue weighted by Gasteiger charge is 2.35. The van der Waals surface area contributed by atoms with E-state index in [0.717, 1.165) is 6.42 Å². The Balaban J connectivity index is 1.79. The van der Waals surface area contributed by atoms with Crippen LogP contribution in [0.4, 0.5) is 0 Å². The lowest BCUT2D eigenvalue weighted by atomic mass is 9.84. The predicted octanol–water partition coefficient (Wildman–Crippen LogP) is 3.43. The van der Waals surface area contributed by atoms with Crippen molar-refractivity contribution in [2.45, 2.75) is 39.9 Å². The van der Waals surface area contributed by atoms with Crippen LogP contribution in [-0.4, -0.2) is 18.7 Å². The summed E-state index contributed by atoms with van der Waals surface area (Å²) in [6, 6.07) is 10.1. The number of hydrogen-bond donors (Lipinski definition) is 0. The van der Waals surface area contributed by atoms with Crippen LogP contribution in [0, 0.1) is 17.8 Å². The number of benzene rings is 1. The molecule has 1 aliphatic rings. The Bertz CT molecular complexity index is 429. The van der Waals surface area contributed by atoms with Gasteiger partial charge >= 0.3 is 5.97 Å². The van der Waals surface area contributed by atoms with Crippen LogP contribution in [0.5, 0.6) is 0 Å². The lowest BCUT2D eigenvalue weighted by molar-refractivity contribution is -0.170. The summed E-state index contributed by atoms with van der Waals surface area (Å²) in [5, 5.41) is 0. The molecule has 1 fully saturated rings. The van der Waals surface area contributed by atoms with E-state index >= 15 is 0 Å². The van der Waals surface area contributed by atoms with E-state index in [2.05, 4.69) is 26.0 Å². The third-order valence-electron chi connectivity index (χ3n) is 3.99. The highest BCUT2D eigenvalue weighted by molar-refractivity contribution is 5.73. The average molecular weight is 276 g/mol. The van der Waals surface area contributed by atoms with E-state index in [-0.39, 0.29) is 23.9 Å². The van der Waals surface area contributed by atoms with Crippen molar-refractivity contribution < 1.29 is 14.3 Å². The summed E-state index contributed by atoms with van der Waals surface area (Å²) in [5.74, 6) is 0.588. The second-order valence-electron chi connectivity index (χ2n) is 5.99. The van der Waals surface area contributed by atoms with Gasteiger partial charge in [0.05, 0.1) is 19.1 Å². The smallest absolute Gasteiger partial charge is 0.308 e. The Kier molecular flexibility index (Phi) is 5.18. The molecule has 110 valence electrons. The first-order valence-electron chi connectivity index (χ1n) is 7.40. The van der Waals surface area contributed by atoms with Crippen LogP contribution in [0.1, 0.15) is 32.8 Å². The van der Waals surface area contributed by atoms with Gasteiger partial charge in [0.15, 0.2) is 0 Å². The first-order chi connectivity index (χ1) is 9.58. The van der Waals surface area contributed by atoms with Gasteiger partial charge in [-0.1, -0.05) is 51.1 Å². The number of carbonyl (C=O) groups excluding carboxylic acids is 1. The maximum Gasteiger partial charge on any atom is 0.308 e. The van der Waals surface area contributed by atoms with Crippen molar-refractivity contribution in [1.82, 2.24) is 0 Å². The fourth-order valence-electron chi connectivity index (χ4n) is 2.86. The third-order valence-corrected chi connectivity index (χ3v) is 3.99. The monoisotopic (exact) mass is 276 g/mol. The molecule has 1 aromatic carbocycles. The molecule has 2 rings (SSSR count). The summed E-state index contributed by atoms with van der Waals surface area (Å²) >= 11 is 0. The molecule has 0 aromatic heterocycles. The molecule has 1 heterocycles. The molecule has 0 spiro atoms. The van der Waals surface area contributed by atoms with E-state index in [1.54, 1.807) is 0 Å². The van der Waals surface area contributed by atoms with Gasteiger partial charge in [-0.25, -0.2) is 0 Å². The van der Waals surface area contributed by atoms with Crippen LogP contribution >= 0.6 is 0 Å². The van der Waals surface area contributed by atoms with Crippen LogP contribution in [-0.2, 0) is 20.9 Å². The fraction of sp³-hybridized carbons (Fsp3) is 0.588. The summed E-state index contributed by atoms with van der Waals surface area (Å²) in [6.07, 6.45) is 0.890. The summed E-state index contributed by atoms with van der Waals surface area (Å²) in [7, 11) is 0. The van der Waals surface area contributed by atoms with Crippen LogP contribution in [0.15, 0.2) is 30.3 Å². The molecular formula is C17H24O3. The Labute approximate surface area is 121 Å². The van der Waals surface area contributed by atoms with Crippen LogP contribution < -0.4 is 0 Å². The van der Waals surface area contributed by atoms with E-state index in [4.69, 9.17) is 9.47 Å². The van der Waals surface area contributed by atoms with Gasteiger partial charge in [0.1, 0.15) is 6.10 Å². The maximum atomic E-state index is 11.7. The number of carbonyl (C=O) groups is 1. The van der Waals surface area contributed by atoms with Gasteiger partial charge in [-0.15, -0.1) is 0 Å². The van der Waals surface area contributed by atoms with Crippen LogP contribution in [0.2, 0.25) is 0 Å². The molecule has 0 unspecified atom stereocenters. The van der Waals surface area contributed by atoms with Gasteiger partial charge < -0.3 is 9.47 Å². The molecule has 3 heteroatoms. The molecule has 1 aromatic rings. The molecule has 0 saturated carbocycles. The normalized spacial score (nSPS) is 27.9. The molecule has 0 bridgehead atoms. The van der Waals surface area contributed by atoms with E-state index in [0.29, 0.717) is 19.1 Å². The van der Waals surface area contributed by atoms with E-state index in [1.807, 2.05) is 25.1 Å². The van der Waals surface area contributed by atoms with Crippen molar-refractivity contribution in [2.75, 3.05) is 6.61 Å². The highest BCUT2D eigenvalue weighted by Crippen LogP contribution is 2.30. The maximum absolute atomic E-state index is 11.7. The Morgan fingerprint density at radius 3 is 2.70 bits per heavy atom. The number of rotatable bonds is 5. The quantitative estimate of drug-likeness (QED) is 0.773. The van der Waals surface area contributed by atoms with E-state index in [1.165, 1.54) is 5.56 Å². The van der Waals surface area contributed by atoms with Crippen molar-refractivity contribution in [1.29, 1.82) is 0 Å². The summed E-state index contributed by atoms with van der Waals surface area (Å²) < 4.78 is 11.3. The van der Waals surface area contributed by atoms with Gasteiger partial charge in [-0.05, 0) is 17.9 Å². The SMILES string of the molecule is C[C@@H]1C[C@H](C)[C@@H]([C@@H](C)COCc2ccccc2)OC1=O. The fourth-order valence-corrected chi connectivity index (χ4v) is 2.86. The van der Waals surface area contributed by atoms with Crippen molar-refractivity contribution in [3.63, 3.8) is 0 Å². The second kappa shape index (κ2) is 6.89. The molecule has 1 saturated heterocycles. The van der Waals surface area contributed by atoms with Crippen molar-refractivity contribution >= 4 is 5.97 Å². The van der Waals surface area contributed by atoms with E-state index in [9.17, 15) is 4.79 Å². The molecule has 0 aliphatic carbocycles. The third kappa shape index (κ3) is 3.83. The molecule has 0 radical (unpaired) electrons. The molecular weight excluding hydrogens is 252 g/mol. The number of cyclic esters (lactones) is 1. The van der Waals surface area contributed by atoms with Gasteiger partial charge in [-0.2, -0.15) is 0 Å². The zero-order chi connectivity index (χ0) is 14.5. The van der Waals surface area contributed by atoms with Crippen LogP contribution in [0.25, 0.3) is 0 Å². The number of esters is 1. The minimum atomic E-state index is -0.0667. The zero-order valence-electron chi connectivity index (χ0n) is 12.5. The molecule has 0 amide bonds. The summed E-state index contributed by atoms with van der Waals surface area (Å²) in [5.41, 5.74) is 1.17. The second-order valence-corrected chi connectivity index (χ2v) is 5.99. The molecule has 3 nitrogen and oxygen atoms in total. The minimum Gasteiger partial charge on any atom is -0.462 e.